The number of rotatable bonds is 4. The zero-order valence-electron chi connectivity index (χ0n) is 10.8. The average molecular weight is 330 g/mol. The van der Waals surface area contributed by atoms with E-state index >= 15 is 0 Å². The first-order valence-electron chi connectivity index (χ1n) is 5.82. The Morgan fingerprint density at radius 1 is 0.909 bits per heavy atom. The number of hydrogen-bond acceptors (Lipinski definition) is 3. The van der Waals surface area contributed by atoms with Gasteiger partial charge in [-0.2, -0.15) is 0 Å². The smallest absolute Gasteiger partial charge is 0.266 e. The maximum Gasteiger partial charge on any atom is 0.266 e. The molecule has 5 nitrogen and oxygen atoms in total. The molecule has 0 fully saturated rings. The number of hydrogen-bond donors (Lipinski definition) is 2. The Morgan fingerprint density at radius 3 is 2.14 bits per heavy atom. The van der Waals surface area contributed by atoms with Crippen LogP contribution >= 0.6 is 0 Å². The molecule has 2 aromatic carbocycles. The van der Waals surface area contributed by atoms with E-state index in [0.29, 0.717) is 12.1 Å². The van der Waals surface area contributed by atoms with Crippen LogP contribution in [-0.4, -0.2) is 14.3 Å². The summed E-state index contributed by atoms with van der Waals surface area (Å²) in [4.78, 5) is 12.3. The van der Waals surface area contributed by atoms with Crippen LogP contribution in [0.4, 0.5) is 13.2 Å². The van der Waals surface area contributed by atoms with Gasteiger partial charge in [0.1, 0.15) is 22.3 Å². The van der Waals surface area contributed by atoms with Crippen LogP contribution in [0.3, 0.4) is 0 Å². The van der Waals surface area contributed by atoms with Gasteiger partial charge in [-0.15, -0.1) is 4.83 Å². The Labute approximate surface area is 123 Å². The molecular weight excluding hydrogens is 321 g/mol. The quantitative estimate of drug-likeness (QED) is 0.839. The van der Waals surface area contributed by atoms with Crippen molar-refractivity contribution in [2.45, 2.75) is 4.90 Å². The lowest BCUT2D eigenvalue weighted by Gasteiger charge is -2.09. The molecule has 2 rings (SSSR count). The van der Waals surface area contributed by atoms with Gasteiger partial charge in [0.15, 0.2) is 0 Å². The van der Waals surface area contributed by atoms with E-state index in [0.717, 1.165) is 30.3 Å². The number of sulfonamides is 1. The molecule has 0 atom stereocenters. The summed E-state index contributed by atoms with van der Waals surface area (Å²) in [7, 11) is -4.50. The SMILES string of the molecule is O=C(NNS(=O)(=O)c1cc(F)ccc1F)c1ccc(F)cc1. The molecule has 0 aliphatic rings. The third-order valence-corrected chi connectivity index (χ3v) is 3.85. The summed E-state index contributed by atoms with van der Waals surface area (Å²) in [6.07, 6.45) is 0. The largest absolute Gasteiger partial charge is 0.273 e. The Balaban J connectivity index is 2.14. The molecule has 0 unspecified atom stereocenters. The third-order valence-electron chi connectivity index (χ3n) is 2.59. The molecule has 2 N–H and O–H groups in total. The molecule has 9 heteroatoms. The predicted molar refractivity (Wildman–Crippen MR) is 70.5 cm³/mol. The molecule has 2 aromatic rings. The molecule has 0 aliphatic carbocycles. The van der Waals surface area contributed by atoms with E-state index in [9.17, 15) is 26.4 Å². The summed E-state index contributed by atoms with van der Waals surface area (Å²) in [5.74, 6) is -3.59. The average Bonchev–Trinajstić information content (AvgIpc) is 2.48. The van der Waals surface area contributed by atoms with Gasteiger partial charge in [0.2, 0.25) is 0 Å². The predicted octanol–water partition coefficient (Wildman–Crippen LogP) is 1.73. The fourth-order valence-corrected chi connectivity index (χ4v) is 2.45. The zero-order chi connectivity index (χ0) is 16.3. The van der Waals surface area contributed by atoms with Crippen LogP contribution in [0.2, 0.25) is 0 Å². The first-order chi connectivity index (χ1) is 10.3. The molecule has 0 heterocycles. The lowest BCUT2D eigenvalue weighted by atomic mass is 10.2. The van der Waals surface area contributed by atoms with Crippen molar-refractivity contribution >= 4 is 15.9 Å². The van der Waals surface area contributed by atoms with Gasteiger partial charge in [0, 0.05) is 5.56 Å². The highest BCUT2D eigenvalue weighted by molar-refractivity contribution is 7.89. The molecule has 0 saturated heterocycles. The van der Waals surface area contributed by atoms with E-state index in [2.05, 4.69) is 0 Å². The second kappa shape index (κ2) is 6.16. The molecule has 0 spiro atoms. The summed E-state index contributed by atoms with van der Waals surface area (Å²) in [5.41, 5.74) is 1.79. The number of benzene rings is 2. The standard InChI is InChI=1S/C13H9F3N2O3S/c14-9-3-1-8(2-4-9)13(19)17-18-22(20,21)12-7-10(15)5-6-11(12)16/h1-7,18H,(H,17,19). The van der Waals surface area contributed by atoms with Gasteiger partial charge in [0.05, 0.1) is 0 Å². The summed E-state index contributed by atoms with van der Waals surface area (Å²) in [6, 6.07) is 6.15. The monoisotopic (exact) mass is 330 g/mol. The molecular formula is C13H9F3N2O3S. The van der Waals surface area contributed by atoms with E-state index in [1.54, 1.807) is 4.83 Å². The minimum Gasteiger partial charge on any atom is -0.273 e. The van der Waals surface area contributed by atoms with Crippen LogP contribution in [0.15, 0.2) is 47.4 Å². The Morgan fingerprint density at radius 2 is 1.50 bits per heavy atom. The third kappa shape index (κ3) is 3.62. The normalized spacial score (nSPS) is 11.2. The molecule has 0 saturated carbocycles. The van der Waals surface area contributed by atoms with Crippen molar-refractivity contribution in [1.29, 1.82) is 0 Å². The van der Waals surface area contributed by atoms with Gasteiger partial charge in [-0.05, 0) is 42.5 Å². The van der Waals surface area contributed by atoms with Crippen LogP contribution in [0.5, 0.6) is 0 Å². The first-order valence-corrected chi connectivity index (χ1v) is 7.31. The van der Waals surface area contributed by atoms with Crippen LogP contribution in [0, 0.1) is 17.5 Å². The van der Waals surface area contributed by atoms with E-state index in [4.69, 9.17) is 0 Å². The zero-order valence-corrected chi connectivity index (χ0v) is 11.6. The lowest BCUT2D eigenvalue weighted by Crippen LogP contribution is -2.41. The van der Waals surface area contributed by atoms with Gasteiger partial charge in [-0.25, -0.2) is 21.6 Å². The van der Waals surface area contributed by atoms with E-state index in [1.807, 2.05) is 5.43 Å². The highest BCUT2D eigenvalue weighted by atomic mass is 32.2. The minimum atomic E-state index is -4.50. The Bertz CT molecular complexity index is 808. The molecule has 0 radical (unpaired) electrons. The maximum absolute atomic E-state index is 13.4. The van der Waals surface area contributed by atoms with Crippen LogP contribution < -0.4 is 10.3 Å². The van der Waals surface area contributed by atoms with Crippen molar-refractivity contribution in [3.63, 3.8) is 0 Å². The van der Waals surface area contributed by atoms with E-state index in [1.165, 1.54) is 0 Å². The summed E-state index contributed by atoms with van der Waals surface area (Å²) in [5, 5.41) is 0. The molecule has 1 amide bonds. The minimum absolute atomic E-state index is 0.0242. The number of carbonyl (C=O) groups excluding carboxylic acids is 1. The van der Waals surface area contributed by atoms with E-state index < -0.39 is 38.3 Å². The second-order valence-corrected chi connectivity index (χ2v) is 5.79. The van der Waals surface area contributed by atoms with Crippen LogP contribution in [0.1, 0.15) is 10.4 Å². The maximum atomic E-state index is 13.4. The van der Waals surface area contributed by atoms with Crippen molar-refractivity contribution in [3.8, 4) is 0 Å². The summed E-state index contributed by atoms with van der Waals surface area (Å²) < 4.78 is 62.7. The Kier molecular flexibility index (Phi) is 4.48. The Hall–Kier alpha value is -2.39. The summed E-state index contributed by atoms with van der Waals surface area (Å²) >= 11 is 0. The van der Waals surface area contributed by atoms with Gasteiger partial charge < -0.3 is 0 Å². The highest BCUT2D eigenvalue weighted by Gasteiger charge is 2.20. The molecule has 0 aliphatic heterocycles. The van der Waals surface area contributed by atoms with Gasteiger partial charge in [0.25, 0.3) is 15.9 Å². The molecule has 22 heavy (non-hydrogen) atoms. The van der Waals surface area contributed by atoms with Crippen molar-refractivity contribution < 1.29 is 26.4 Å². The number of amides is 1. The number of hydrazine groups is 1. The number of nitrogens with one attached hydrogen (secondary N) is 2. The van der Waals surface area contributed by atoms with Gasteiger partial charge in [-0.1, -0.05) is 0 Å². The first kappa shape index (κ1) is 16.0. The molecule has 0 bridgehead atoms. The van der Waals surface area contributed by atoms with Gasteiger partial charge >= 0.3 is 0 Å². The van der Waals surface area contributed by atoms with Crippen molar-refractivity contribution in [1.82, 2.24) is 10.3 Å². The van der Waals surface area contributed by atoms with Crippen molar-refractivity contribution in [2.75, 3.05) is 0 Å². The fraction of sp³-hybridized carbons (Fsp3) is 0. The second-order valence-electron chi connectivity index (χ2n) is 4.14. The van der Waals surface area contributed by atoms with Gasteiger partial charge in [-0.3, -0.25) is 10.2 Å². The van der Waals surface area contributed by atoms with Crippen LogP contribution in [-0.2, 0) is 10.0 Å². The fourth-order valence-electron chi connectivity index (χ4n) is 1.53. The number of halogens is 3. The van der Waals surface area contributed by atoms with Crippen molar-refractivity contribution in [2.24, 2.45) is 0 Å². The molecule has 116 valence electrons. The van der Waals surface area contributed by atoms with E-state index in [-0.39, 0.29) is 5.56 Å². The number of carbonyl (C=O) groups is 1. The summed E-state index contributed by atoms with van der Waals surface area (Å²) in [6.45, 7) is 0. The lowest BCUT2D eigenvalue weighted by molar-refractivity contribution is 0.0945. The van der Waals surface area contributed by atoms with Crippen LogP contribution in [0.25, 0.3) is 0 Å². The highest BCUT2D eigenvalue weighted by Crippen LogP contribution is 2.15. The topological polar surface area (TPSA) is 75.3 Å². The van der Waals surface area contributed by atoms with Crippen molar-refractivity contribution in [3.05, 3.63) is 65.5 Å². The molecule has 0 aromatic heterocycles.